The standard InChI is InChI=1S/C21H20FN3O4S/c1-23-18-8-4-2-6-15(18)16(14-20(23)26)21(27)24-10-12-25(13-11-24)30(28,29)19-9-5-3-7-17(19)22/h2-9,14H,10-13H2,1H3. The third kappa shape index (κ3) is 3.40. The minimum absolute atomic E-state index is 0.0468. The van der Waals surface area contributed by atoms with Crippen LogP contribution in [0.2, 0.25) is 0 Å². The summed E-state index contributed by atoms with van der Waals surface area (Å²) < 4.78 is 42.1. The first-order chi connectivity index (χ1) is 14.3. The van der Waals surface area contributed by atoms with Crippen LogP contribution >= 0.6 is 0 Å². The highest BCUT2D eigenvalue weighted by molar-refractivity contribution is 7.89. The number of carbonyl (C=O) groups is 1. The van der Waals surface area contributed by atoms with Gasteiger partial charge in [0.1, 0.15) is 10.7 Å². The molecule has 0 unspecified atom stereocenters. The zero-order valence-electron chi connectivity index (χ0n) is 16.3. The van der Waals surface area contributed by atoms with E-state index in [1.165, 1.54) is 38.0 Å². The molecular weight excluding hydrogens is 409 g/mol. The predicted octanol–water partition coefficient (Wildman–Crippen LogP) is 1.82. The summed E-state index contributed by atoms with van der Waals surface area (Å²) in [6.45, 7) is 0.391. The maximum atomic E-state index is 14.0. The van der Waals surface area contributed by atoms with Crippen LogP contribution in [0, 0.1) is 5.82 Å². The minimum Gasteiger partial charge on any atom is -0.336 e. The fourth-order valence-corrected chi connectivity index (χ4v) is 5.17. The Morgan fingerprint density at radius 2 is 1.60 bits per heavy atom. The van der Waals surface area contributed by atoms with Crippen LogP contribution in [-0.4, -0.2) is 54.3 Å². The van der Waals surface area contributed by atoms with Gasteiger partial charge in [0.2, 0.25) is 10.0 Å². The van der Waals surface area contributed by atoms with Gasteiger partial charge in [0.15, 0.2) is 0 Å². The van der Waals surface area contributed by atoms with E-state index in [-0.39, 0.29) is 42.5 Å². The first-order valence-corrected chi connectivity index (χ1v) is 10.9. The van der Waals surface area contributed by atoms with E-state index in [4.69, 9.17) is 0 Å². The molecule has 0 spiro atoms. The van der Waals surface area contributed by atoms with Crippen molar-refractivity contribution in [2.24, 2.45) is 7.05 Å². The van der Waals surface area contributed by atoms with Crippen LogP contribution in [0.25, 0.3) is 10.9 Å². The van der Waals surface area contributed by atoms with Crippen LogP contribution in [0.1, 0.15) is 10.4 Å². The molecule has 3 aromatic rings. The van der Waals surface area contributed by atoms with Gasteiger partial charge in [-0.25, -0.2) is 12.8 Å². The summed E-state index contributed by atoms with van der Waals surface area (Å²) in [5, 5.41) is 0.658. The molecule has 1 aromatic heterocycles. The number of hydrogen-bond acceptors (Lipinski definition) is 4. The topological polar surface area (TPSA) is 79.7 Å². The van der Waals surface area contributed by atoms with E-state index < -0.39 is 15.8 Å². The predicted molar refractivity (Wildman–Crippen MR) is 110 cm³/mol. The summed E-state index contributed by atoms with van der Waals surface area (Å²) in [5.41, 5.74) is 0.644. The quantitative estimate of drug-likeness (QED) is 0.636. The lowest BCUT2D eigenvalue weighted by Gasteiger charge is -2.34. The molecule has 9 heteroatoms. The molecule has 4 rings (SSSR count). The molecule has 0 bridgehead atoms. The van der Waals surface area contributed by atoms with Gasteiger partial charge in [-0.2, -0.15) is 4.31 Å². The van der Waals surface area contributed by atoms with Gasteiger partial charge in [-0.3, -0.25) is 9.59 Å². The van der Waals surface area contributed by atoms with Gasteiger partial charge >= 0.3 is 0 Å². The second-order valence-corrected chi connectivity index (χ2v) is 9.01. The monoisotopic (exact) mass is 429 g/mol. The highest BCUT2D eigenvalue weighted by Crippen LogP contribution is 2.22. The molecule has 7 nitrogen and oxygen atoms in total. The van der Waals surface area contributed by atoms with Crippen molar-refractivity contribution in [3.8, 4) is 0 Å². The number of para-hydroxylation sites is 1. The lowest BCUT2D eigenvalue weighted by atomic mass is 10.1. The molecule has 1 aliphatic rings. The lowest BCUT2D eigenvalue weighted by Crippen LogP contribution is -2.50. The Hall–Kier alpha value is -3.04. The number of fused-ring (bicyclic) bond motifs is 1. The van der Waals surface area contributed by atoms with Crippen LogP contribution in [0.5, 0.6) is 0 Å². The van der Waals surface area contributed by atoms with E-state index in [0.717, 1.165) is 6.07 Å². The molecule has 0 N–H and O–H groups in total. The summed E-state index contributed by atoms with van der Waals surface area (Å²) in [6, 6.07) is 13.7. The van der Waals surface area contributed by atoms with Crippen molar-refractivity contribution in [3.05, 3.63) is 76.3 Å². The zero-order chi connectivity index (χ0) is 21.5. The maximum Gasteiger partial charge on any atom is 0.254 e. The normalized spacial score (nSPS) is 15.5. The Morgan fingerprint density at radius 3 is 2.30 bits per heavy atom. The molecule has 0 atom stereocenters. The summed E-state index contributed by atoms with van der Waals surface area (Å²) in [5.74, 6) is -1.13. The van der Waals surface area contributed by atoms with E-state index in [2.05, 4.69) is 0 Å². The zero-order valence-corrected chi connectivity index (χ0v) is 17.1. The summed E-state index contributed by atoms with van der Waals surface area (Å²) >= 11 is 0. The lowest BCUT2D eigenvalue weighted by molar-refractivity contribution is 0.0699. The second-order valence-electron chi connectivity index (χ2n) is 7.10. The van der Waals surface area contributed by atoms with E-state index in [1.807, 2.05) is 0 Å². The molecule has 2 aromatic carbocycles. The molecule has 2 heterocycles. The van der Waals surface area contributed by atoms with Gasteiger partial charge in [-0.05, 0) is 18.2 Å². The molecule has 0 saturated carbocycles. The number of nitrogens with zero attached hydrogens (tertiary/aromatic N) is 3. The number of halogens is 1. The van der Waals surface area contributed by atoms with Gasteiger partial charge in [0.25, 0.3) is 11.5 Å². The van der Waals surface area contributed by atoms with Crippen molar-refractivity contribution in [3.63, 3.8) is 0 Å². The van der Waals surface area contributed by atoms with Gasteiger partial charge < -0.3 is 9.47 Å². The Morgan fingerprint density at radius 1 is 0.967 bits per heavy atom. The SMILES string of the molecule is Cn1c(=O)cc(C(=O)N2CCN(S(=O)(=O)c3ccccc3F)CC2)c2ccccc21. The first-order valence-electron chi connectivity index (χ1n) is 9.43. The number of piperazine rings is 1. The number of aryl methyl sites for hydroxylation is 1. The Balaban J connectivity index is 1.58. The van der Waals surface area contributed by atoms with Crippen LogP contribution in [0.3, 0.4) is 0 Å². The second kappa shape index (κ2) is 7.66. The average Bonchev–Trinajstić information content (AvgIpc) is 2.76. The molecule has 1 fully saturated rings. The smallest absolute Gasteiger partial charge is 0.254 e. The van der Waals surface area contributed by atoms with E-state index in [9.17, 15) is 22.4 Å². The van der Waals surface area contributed by atoms with Gasteiger partial charge in [0.05, 0.1) is 11.1 Å². The van der Waals surface area contributed by atoms with Crippen LogP contribution < -0.4 is 5.56 Å². The molecule has 0 radical (unpaired) electrons. The van der Waals surface area contributed by atoms with E-state index in [1.54, 1.807) is 31.3 Å². The van der Waals surface area contributed by atoms with Crippen LogP contribution in [-0.2, 0) is 17.1 Å². The fraction of sp³-hybridized carbons (Fsp3) is 0.238. The molecule has 1 saturated heterocycles. The number of aromatic nitrogens is 1. The van der Waals surface area contributed by atoms with E-state index in [0.29, 0.717) is 16.5 Å². The fourth-order valence-electron chi connectivity index (χ4n) is 3.68. The highest BCUT2D eigenvalue weighted by Gasteiger charge is 2.32. The number of carbonyl (C=O) groups excluding carboxylic acids is 1. The van der Waals surface area contributed by atoms with Crippen molar-refractivity contribution in [2.45, 2.75) is 4.90 Å². The van der Waals surface area contributed by atoms with Gasteiger partial charge in [-0.1, -0.05) is 30.3 Å². The molecule has 156 valence electrons. The molecule has 1 aliphatic heterocycles. The van der Waals surface area contributed by atoms with Crippen molar-refractivity contribution < 1.29 is 17.6 Å². The molecule has 30 heavy (non-hydrogen) atoms. The van der Waals surface area contributed by atoms with Crippen molar-refractivity contribution in [2.75, 3.05) is 26.2 Å². The average molecular weight is 429 g/mol. The molecule has 0 aliphatic carbocycles. The summed E-state index contributed by atoms with van der Waals surface area (Å²) in [6.07, 6.45) is 0. The van der Waals surface area contributed by atoms with Crippen molar-refractivity contribution in [1.29, 1.82) is 0 Å². The summed E-state index contributed by atoms with van der Waals surface area (Å²) in [7, 11) is -2.34. The largest absolute Gasteiger partial charge is 0.336 e. The number of pyridine rings is 1. The third-order valence-electron chi connectivity index (χ3n) is 5.36. The van der Waals surface area contributed by atoms with Gasteiger partial charge in [-0.15, -0.1) is 0 Å². The number of rotatable bonds is 3. The van der Waals surface area contributed by atoms with Crippen molar-refractivity contribution >= 4 is 26.8 Å². The molecular formula is C21H20FN3O4S. The third-order valence-corrected chi connectivity index (χ3v) is 7.30. The van der Waals surface area contributed by atoms with E-state index >= 15 is 0 Å². The van der Waals surface area contributed by atoms with Crippen LogP contribution in [0.4, 0.5) is 4.39 Å². The Labute approximate surface area is 173 Å². The number of amides is 1. The number of benzene rings is 2. The van der Waals surface area contributed by atoms with Crippen LogP contribution in [0.15, 0.2) is 64.3 Å². The number of hydrogen-bond donors (Lipinski definition) is 0. The Bertz CT molecular complexity index is 1300. The minimum atomic E-state index is -3.99. The molecule has 1 amide bonds. The number of sulfonamides is 1. The Kier molecular flexibility index (Phi) is 5.17. The van der Waals surface area contributed by atoms with Gasteiger partial charge in [0, 0.05) is 44.7 Å². The highest BCUT2D eigenvalue weighted by atomic mass is 32.2. The maximum absolute atomic E-state index is 14.0. The first kappa shape index (κ1) is 20.2. The van der Waals surface area contributed by atoms with Crippen molar-refractivity contribution in [1.82, 2.24) is 13.8 Å². The summed E-state index contributed by atoms with van der Waals surface area (Å²) in [4.78, 5) is 26.5.